The Labute approximate surface area is 364 Å². The van der Waals surface area contributed by atoms with Gasteiger partial charge in [0.2, 0.25) is 11.9 Å². The van der Waals surface area contributed by atoms with E-state index in [9.17, 15) is 14.9 Å². The molecule has 2 aromatic heterocycles. The van der Waals surface area contributed by atoms with Crippen molar-refractivity contribution >= 4 is 31.4 Å². The van der Waals surface area contributed by atoms with Crippen LogP contribution in [0.25, 0.3) is 11.0 Å². The van der Waals surface area contributed by atoms with Crippen LogP contribution in [-0.2, 0) is 33.7 Å². The first kappa shape index (κ1) is 46.3. The van der Waals surface area contributed by atoms with Crippen molar-refractivity contribution in [2.75, 3.05) is 39.9 Å². The Morgan fingerprint density at radius 3 is 2.03 bits per heavy atom. The molecule has 5 aromatic rings. The monoisotopic (exact) mass is 868 g/mol. The van der Waals surface area contributed by atoms with E-state index in [0.29, 0.717) is 11.5 Å². The number of nitrogens with zero attached hydrogens (tertiary/aromatic N) is 4. The summed E-state index contributed by atoms with van der Waals surface area (Å²) in [7, 11) is 3.03. The van der Waals surface area contributed by atoms with E-state index in [1.807, 2.05) is 78.9 Å². The van der Waals surface area contributed by atoms with Gasteiger partial charge >= 0.3 is 0 Å². The third-order valence-electron chi connectivity index (χ3n) is 10.7. The fraction of sp³-hybridized carbons (Fsp3) is 0.435. The SMILES string of the molecule is COc1ccc(C(OC[C@H]2O[C@@H](n3ccc4c(=O)[nH]c(NC(=O)C(C)C)nc43)[C@H](OC)[C@@H]2OP(OCCC#N)N(C(C)C)C(C)C)(c2ccccc2)c2ccc(OC)cc2)cc1. The van der Waals surface area contributed by atoms with Gasteiger partial charge in [0.25, 0.3) is 14.1 Å². The largest absolute Gasteiger partial charge is 0.497 e. The topological polar surface area (TPSA) is 171 Å². The average molecular weight is 869 g/mol. The lowest BCUT2D eigenvalue weighted by molar-refractivity contribution is -0.118. The molecule has 62 heavy (non-hydrogen) atoms. The minimum atomic E-state index is -1.79. The summed E-state index contributed by atoms with van der Waals surface area (Å²) in [6.07, 6.45) is -1.44. The smallest absolute Gasteiger partial charge is 0.261 e. The number of nitrogens with one attached hydrogen (secondary N) is 2. The van der Waals surface area contributed by atoms with Gasteiger partial charge in [-0.2, -0.15) is 10.2 Å². The molecule has 0 radical (unpaired) electrons. The predicted octanol–water partition coefficient (Wildman–Crippen LogP) is 7.92. The average Bonchev–Trinajstić information content (AvgIpc) is 3.85. The van der Waals surface area contributed by atoms with Crippen molar-refractivity contribution in [2.45, 2.75) is 90.2 Å². The summed E-state index contributed by atoms with van der Waals surface area (Å²) < 4.78 is 49.2. The van der Waals surface area contributed by atoms with E-state index >= 15 is 0 Å². The van der Waals surface area contributed by atoms with Crippen LogP contribution in [0.3, 0.4) is 0 Å². The number of methoxy groups -OCH3 is 3. The fourth-order valence-corrected chi connectivity index (χ4v) is 9.46. The second-order valence-electron chi connectivity index (χ2n) is 15.7. The second-order valence-corrected chi connectivity index (χ2v) is 17.1. The second kappa shape index (κ2) is 20.8. The number of fused-ring (bicyclic) bond motifs is 1. The Morgan fingerprint density at radius 2 is 1.50 bits per heavy atom. The van der Waals surface area contributed by atoms with Gasteiger partial charge in [0.15, 0.2) is 11.9 Å². The van der Waals surface area contributed by atoms with Crippen LogP contribution in [0.5, 0.6) is 11.5 Å². The van der Waals surface area contributed by atoms with E-state index in [4.69, 9.17) is 32.7 Å². The van der Waals surface area contributed by atoms with Crippen LogP contribution >= 0.6 is 8.53 Å². The van der Waals surface area contributed by atoms with Gasteiger partial charge in [-0.05, 0) is 74.7 Å². The first-order valence-corrected chi connectivity index (χ1v) is 21.8. The van der Waals surface area contributed by atoms with Crippen LogP contribution in [0, 0.1) is 17.2 Å². The molecule has 16 heteroatoms. The van der Waals surface area contributed by atoms with Crippen molar-refractivity contribution in [1.29, 1.82) is 5.26 Å². The fourth-order valence-electron chi connectivity index (χ4n) is 7.69. The molecule has 0 saturated carbocycles. The molecule has 0 spiro atoms. The van der Waals surface area contributed by atoms with Crippen molar-refractivity contribution in [2.24, 2.45) is 5.92 Å². The maximum absolute atomic E-state index is 13.4. The lowest BCUT2D eigenvalue weighted by Gasteiger charge is -2.39. The Balaban J connectivity index is 1.50. The van der Waals surface area contributed by atoms with Gasteiger partial charge in [-0.25, -0.2) is 4.67 Å². The Hall–Kier alpha value is -5.17. The molecule has 0 aliphatic carbocycles. The zero-order valence-electron chi connectivity index (χ0n) is 36.7. The summed E-state index contributed by atoms with van der Waals surface area (Å²) in [5.41, 5.74) is 1.16. The summed E-state index contributed by atoms with van der Waals surface area (Å²) in [5.74, 6) is 0.728. The number of benzene rings is 3. The standard InChI is InChI=1S/C46H57N6O9P/c1-29(2)42(53)49-45-48-41-37(43(54)50-45)24-26-51(41)44-40(57-9)39(61-62(59-27-13-25-47)52(30(3)4)31(5)6)38(60-44)28-58-46(32-14-11-10-12-15-32,33-16-20-35(55-7)21-17-33)34-18-22-36(56-8)23-19-34/h10-12,14-24,26,29-31,38-40,44H,13,27-28H2,1-9H3,(H2,48,49,50,53,54)/t38-,39-,40-,44-,62?/m1/s1. The highest BCUT2D eigenvalue weighted by molar-refractivity contribution is 7.44. The highest BCUT2D eigenvalue weighted by Gasteiger charge is 2.51. The van der Waals surface area contributed by atoms with E-state index in [1.54, 1.807) is 52.0 Å². The summed E-state index contributed by atoms with van der Waals surface area (Å²) in [6, 6.07) is 29.3. The van der Waals surface area contributed by atoms with Crippen molar-refractivity contribution in [3.8, 4) is 17.6 Å². The number of anilines is 1. The molecule has 0 bridgehead atoms. The number of carbonyl (C=O) groups excluding carboxylic acids is 1. The first-order chi connectivity index (χ1) is 29.9. The maximum Gasteiger partial charge on any atom is 0.261 e. The molecule has 1 amide bonds. The normalized spacial score (nSPS) is 18.5. The molecule has 1 saturated heterocycles. The molecule has 5 atom stereocenters. The molecule has 1 aliphatic heterocycles. The molecule has 3 aromatic carbocycles. The number of ether oxygens (including phenoxy) is 5. The number of H-pyrrole nitrogens is 1. The van der Waals surface area contributed by atoms with Gasteiger partial charge in [0.05, 0.1) is 45.3 Å². The number of hydrogen-bond donors (Lipinski definition) is 2. The number of hydrogen-bond acceptors (Lipinski definition) is 12. The number of carbonyl (C=O) groups is 1. The zero-order valence-corrected chi connectivity index (χ0v) is 37.6. The molecule has 2 N–H and O–H groups in total. The van der Waals surface area contributed by atoms with Crippen LogP contribution < -0.4 is 20.3 Å². The third-order valence-corrected chi connectivity index (χ3v) is 12.8. The lowest BCUT2D eigenvalue weighted by Crippen LogP contribution is -2.42. The molecule has 1 aliphatic rings. The van der Waals surface area contributed by atoms with Gasteiger partial charge in [-0.3, -0.25) is 19.9 Å². The van der Waals surface area contributed by atoms with Crippen molar-refractivity contribution in [3.05, 3.63) is 118 Å². The summed E-state index contributed by atoms with van der Waals surface area (Å²) in [6.45, 7) is 11.9. The number of rotatable bonds is 20. The van der Waals surface area contributed by atoms with Crippen molar-refractivity contribution < 1.29 is 37.5 Å². The molecular weight excluding hydrogens is 812 g/mol. The van der Waals surface area contributed by atoms with Crippen LogP contribution in [-0.4, -0.2) is 90.1 Å². The zero-order chi connectivity index (χ0) is 44.6. The third kappa shape index (κ3) is 9.88. The molecular formula is C46H57N6O9P. The molecule has 6 rings (SSSR count). The van der Waals surface area contributed by atoms with Crippen LogP contribution in [0.1, 0.15) is 70.9 Å². The summed E-state index contributed by atoms with van der Waals surface area (Å²) in [5, 5.41) is 12.5. The van der Waals surface area contributed by atoms with Crippen molar-refractivity contribution in [3.63, 3.8) is 0 Å². The molecule has 15 nitrogen and oxygen atoms in total. The molecule has 3 heterocycles. The van der Waals surface area contributed by atoms with E-state index in [2.05, 4.69) is 53.7 Å². The quantitative estimate of drug-likeness (QED) is 0.0441. The van der Waals surface area contributed by atoms with Gasteiger partial charge in [-0.1, -0.05) is 68.4 Å². The van der Waals surface area contributed by atoms with E-state index in [1.165, 1.54) is 0 Å². The highest BCUT2D eigenvalue weighted by Crippen LogP contribution is 2.51. The summed E-state index contributed by atoms with van der Waals surface area (Å²) >= 11 is 0. The number of amides is 1. The minimum Gasteiger partial charge on any atom is -0.497 e. The van der Waals surface area contributed by atoms with Crippen LogP contribution in [0.15, 0.2) is 95.9 Å². The number of aromatic nitrogens is 3. The Morgan fingerprint density at radius 1 is 0.903 bits per heavy atom. The van der Waals surface area contributed by atoms with Gasteiger partial charge in [0.1, 0.15) is 35.4 Å². The summed E-state index contributed by atoms with van der Waals surface area (Å²) in [4.78, 5) is 33.5. The number of nitriles is 1. The lowest BCUT2D eigenvalue weighted by atomic mass is 9.80. The maximum atomic E-state index is 13.4. The van der Waals surface area contributed by atoms with Crippen molar-refractivity contribution in [1.82, 2.24) is 19.2 Å². The molecule has 1 unspecified atom stereocenters. The Bertz CT molecular complexity index is 2270. The minimum absolute atomic E-state index is 0.00588. The van der Waals surface area contributed by atoms with Crippen LogP contribution in [0.4, 0.5) is 5.95 Å². The highest BCUT2D eigenvalue weighted by atomic mass is 31.2. The Kier molecular flexibility index (Phi) is 15.5. The van der Waals surface area contributed by atoms with Gasteiger partial charge in [-0.15, -0.1) is 0 Å². The first-order valence-electron chi connectivity index (χ1n) is 20.7. The van der Waals surface area contributed by atoms with E-state index < -0.39 is 44.2 Å². The van der Waals surface area contributed by atoms with Gasteiger partial charge < -0.3 is 37.3 Å². The molecule has 1 fully saturated rings. The van der Waals surface area contributed by atoms with Gasteiger partial charge in [0, 0.05) is 31.3 Å². The van der Waals surface area contributed by atoms with E-state index in [-0.39, 0.29) is 60.5 Å². The number of aromatic amines is 1. The van der Waals surface area contributed by atoms with Crippen LogP contribution in [0.2, 0.25) is 0 Å². The molecule has 330 valence electrons. The predicted molar refractivity (Wildman–Crippen MR) is 237 cm³/mol. The van der Waals surface area contributed by atoms with E-state index in [0.717, 1.165) is 16.7 Å².